The molecule has 2 aromatic carbocycles. The summed E-state index contributed by atoms with van der Waals surface area (Å²) < 4.78 is 13.5. The van der Waals surface area contributed by atoms with E-state index in [0.717, 1.165) is 28.2 Å². The molecule has 0 unspecified atom stereocenters. The van der Waals surface area contributed by atoms with Crippen molar-refractivity contribution in [2.24, 2.45) is 0 Å². The number of carbonyl (C=O) groups excluding carboxylic acids is 3. The van der Waals surface area contributed by atoms with Gasteiger partial charge in [-0.15, -0.1) is 0 Å². The average Bonchev–Trinajstić information content (AvgIpc) is 3.39. The van der Waals surface area contributed by atoms with Gasteiger partial charge in [-0.2, -0.15) is 8.75 Å². The molecule has 1 atom stereocenters. The molecule has 2 aromatic heterocycles. The first kappa shape index (κ1) is 20.5. The molecule has 0 fully saturated rings. The second-order valence-corrected chi connectivity index (χ2v) is 7.44. The van der Waals surface area contributed by atoms with Crippen LogP contribution in [0.2, 0.25) is 0 Å². The molecule has 0 spiro atoms. The third kappa shape index (κ3) is 4.69. The molecule has 0 aliphatic heterocycles. The fourth-order valence-electron chi connectivity index (χ4n) is 3.29. The van der Waals surface area contributed by atoms with Gasteiger partial charge in [0.05, 0.1) is 17.4 Å². The zero-order chi connectivity index (χ0) is 21.8. The highest BCUT2D eigenvalue weighted by Crippen LogP contribution is 2.21. The van der Waals surface area contributed by atoms with Crippen LogP contribution in [0.3, 0.4) is 0 Å². The van der Waals surface area contributed by atoms with Crippen LogP contribution in [0.15, 0.2) is 48.7 Å². The molecule has 10 heteroatoms. The molecule has 4 rings (SSSR count). The minimum atomic E-state index is -0.921. The molecule has 0 aliphatic rings. The Labute approximate surface area is 181 Å². The first-order chi connectivity index (χ1) is 15.0. The monoisotopic (exact) mass is 437 g/mol. The van der Waals surface area contributed by atoms with E-state index in [2.05, 4.69) is 24.4 Å². The highest BCUT2D eigenvalue weighted by Gasteiger charge is 2.24. The Morgan fingerprint density at radius 2 is 1.97 bits per heavy atom. The number of esters is 1. The number of fused-ring (bicyclic) bond motifs is 2. The molecule has 0 aliphatic carbocycles. The van der Waals surface area contributed by atoms with E-state index in [9.17, 15) is 14.4 Å². The van der Waals surface area contributed by atoms with Gasteiger partial charge in [0.2, 0.25) is 5.91 Å². The number of ether oxygens (including phenoxy) is 1. The zero-order valence-corrected chi connectivity index (χ0v) is 17.4. The molecule has 158 valence electrons. The maximum Gasteiger partial charge on any atom is 0.329 e. The van der Waals surface area contributed by atoms with Gasteiger partial charge in [-0.1, -0.05) is 24.3 Å². The number of para-hydroxylation sites is 1. The number of amides is 2. The van der Waals surface area contributed by atoms with Crippen LogP contribution in [0.1, 0.15) is 12.5 Å². The van der Waals surface area contributed by atoms with Gasteiger partial charge in [0.25, 0.3) is 5.91 Å². The van der Waals surface area contributed by atoms with Gasteiger partial charge < -0.3 is 20.4 Å². The Kier molecular flexibility index (Phi) is 5.89. The van der Waals surface area contributed by atoms with E-state index in [4.69, 9.17) is 4.74 Å². The fraction of sp³-hybridized carbons (Fsp3) is 0.190. The van der Waals surface area contributed by atoms with Crippen molar-refractivity contribution in [1.29, 1.82) is 0 Å². The summed E-state index contributed by atoms with van der Waals surface area (Å²) in [4.78, 5) is 39.7. The molecular formula is C21H19N5O4S. The van der Waals surface area contributed by atoms with Crippen molar-refractivity contribution in [1.82, 2.24) is 19.0 Å². The Bertz CT molecular complexity index is 1260. The second kappa shape index (κ2) is 8.92. The van der Waals surface area contributed by atoms with Gasteiger partial charge >= 0.3 is 5.97 Å². The minimum Gasteiger partial charge on any atom is -0.454 e. The van der Waals surface area contributed by atoms with Crippen LogP contribution in [0.5, 0.6) is 0 Å². The maximum atomic E-state index is 12.6. The quantitative estimate of drug-likeness (QED) is 0.381. The lowest BCUT2D eigenvalue weighted by Gasteiger charge is -2.16. The van der Waals surface area contributed by atoms with Gasteiger partial charge in [0, 0.05) is 30.4 Å². The average molecular weight is 437 g/mol. The molecule has 4 aromatic rings. The first-order valence-electron chi connectivity index (χ1n) is 9.51. The van der Waals surface area contributed by atoms with Crippen LogP contribution >= 0.6 is 11.7 Å². The zero-order valence-electron chi connectivity index (χ0n) is 16.5. The number of H-pyrrole nitrogens is 1. The lowest BCUT2D eigenvalue weighted by molar-refractivity contribution is -0.150. The van der Waals surface area contributed by atoms with Crippen molar-refractivity contribution >= 4 is 57.1 Å². The number of benzene rings is 2. The molecule has 0 saturated carbocycles. The van der Waals surface area contributed by atoms with Crippen LogP contribution in [0.4, 0.5) is 5.69 Å². The smallest absolute Gasteiger partial charge is 0.329 e. The van der Waals surface area contributed by atoms with Crippen LogP contribution in [-0.2, 0) is 25.5 Å². The normalized spacial score (nSPS) is 11.9. The van der Waals surface area contributed by atoms with Gasteiger partial charge in [0.15, 0.2) is 6.61 Å². The van der Waals surface area contributed by atoms with Crippen LogP contribution in [0, 0.1) is 0 Å². The van der Waals surface area contributed by atoms with E-state index in [0.29, 0.717) is 16.7 Å². The summed E-state index contributed by atoms with van der Waals surface area (Å²) in [6, 6.07) is 12.0. The van der Waals surface area contributed by atoms with E-state index in [1.807, 2.05) is 24.3 Å². The van der Waals surface area contributed by atoms with E-state index >= 15 is 0 Å². The third-order valence-electron chi connectivity index (χ3n) is 4.67. The summed E-state index contributed by atoms with van der Waals surface area (Å²) in [6.45, 7) is 0.835. The number of hydrogen-bond donors (Lipinski definition) is 3. The van der Waals surface area contributed by atoms with Crippen LogP contribution in [-0.4, -0.2) is 44.2 Å². The standard InChI is InChI=1S/C21H19N5O4S/c1-12(27)23-18(9-13-10-22-15-6-3-2-5-14(13)15)21(29)30-11-19(28)24-16-7-4-8-17-20(16)26-31-25-17/h2-8,10,18,22H,9,11H2,1H3,(H,23,27)(H,24,28)/t18-/m0/s1. The number of nitrogens with one attached hydrogen (secondary N) is 3. The summed E-state index contributed by atoms with van der Waals surface area (Å²) in [5.74, 6) is -1.57. The second-order valence-electron chi connectivity index (χ2n) is 6.91. The number of nitrogens with zero attached hydrogens (tertiary/aromatic N) is 2. The molecule has 0 bridgehead atoms. The van der Waals surface area contributed by atoms with Crippen LogP contribution < -0.4 is 10.6 Å². The molecular weight excluding hydrogens is 418 g/mol. The summed E-state index contributed by atoms with van der Waals surface area (Å²) in [6.07, 6.45) is 2.02. The van der Waals surface area contributed by atoms with E-state index in [1.165, 1.54) is 6.92 Å². The SMILES string of the molecule is CC(=O)N[C@@H](Cc1c[nH]c2ccccc12)C(=O)OCC(=O)Nc1cccc2nsnc12. The minimum absolute atomic E-state index is 0.230. The predicted molar refractivity (Wildman–Crippen MR) is 117 cm³/mol. The molecule has 0 saturated heterocycles. The fourth-order valence-corrected chi connectivity index (χ4v) is 3.84. The number of aromatic nitrogens is 3. The number of hydrogen-bond acceptors (Lipinski definition) is 7. The van der Waals surface area contributed by atoms with Gasteiger partial charge in [0.1, 0.15) is 17.1 Å². The Balaban J connectivity index is 1.41. The number of rotatable bonds is 7. The highest BCUT2D eigenvalue weighted by molar-refractivity contribution is 7.00. The Morgan fingerprint density at radius 3 is 2.81 bits per heavy atom. The van der Waals surface area contributed by atoms with Gasteiger partial charge in [-0.25, -0.2) is 4.79 Å². The number of carbonyl (C=O) groups is 3. The van der Waals surface area contributed by atoms with Crippen LogP contribution in [0.25, 0.3) is 21.9 Å². The summed E-state index contributed by atoms with van der Waals surface area (Å²) >= 11 is 1.04. The molecule has 3 N–H and O–H groups in total. The van der Waals surface area contributed by atoms with E-state index in [1.54, 1.807) is 24.4 Å². The van der Waals surface area contributed by atoms with Crippen molar-refractivity contribution in [3.63, 3.8) is 0 Å². The third-order valence-corrected chi connectivity index (χ3v) is 5.21. The molecule has 31 heavy (non-hydrogen) atoms. The largest absolute Gasteiger partial charge is 0.454 e. The molecule has 9 nitrogen and oxygen atoms in total. The van der Waals surface area contributed by atoms with Crippen molar-refractivity contribution < 1.29 is 19.1 Å². The number of anilines is 1. The predicted octanol–water partition coefficient (Wildman–Crippen LogP) is 2.40. The summed E-state index contributed by atoms with van der Waals surface area (Å²) in [5, 5.41) is 6.22. The topological polar surface area (TPSA) is 126 Å². The summed E-state index contributed by atoms with van der Waals surface area (Å²) in [7, 11) is 0. The Morgan fingerprint density at radius 1 is 1.13 bits per heavy atom. The van der Waals surface area contributed by atoms with Crippen molar-refractivity contribution in [2.75, 3.05) is 11.9 Å². The van der Waals surface area contributed by atoms with Gasteiger partial charge in [-0.05, 0) is 23.8 Å². The van der Waals surface area contributed by atoms with Crippen molar-refractivity contribution in [2.45, 2.75) is 19.4 Å². The van der Waals surface area contributed by atoms with Crippen molar-refractivity contribution in [3.8, 4) is 0 Å². The lowest BCUT2D eigenvalue weighted by atomic mass is 10.0. The van der Waals surface area contributed by atoms with E-state index < -0.39 is 24.5 Å². The van der Waals surface area contributed by atoms with Crippen molar-refractivity contribution in [3.05, 3.63) is 54.2 Å². The lowest BCUT2D eigenvalue weighted by Crippen LogP contribution is -2.43. The molecule has 2 heterocycles. The first-order valence-corrected chi connectivity index (χ1v) is 10.2. The van der Waals surface area contributed by atoms with Gasteiger partial charge in [-0.3, -0.25) is 9.59 Å². The maximum absolute atomic E-state index is 12.6. The molecule has 2 amide bonds. The van der Waals surface area contributed by atoms with E-state index in [-0.39, 0.29) is 12.3 Å². The summed E-state index contributed by atoms with van der Waals surface area (Å²) in [5.41, 5.74) is 3.52. The highest BCUT2D eigenvalue weighted by atomic mass is 32.1. The number of aromatic amines is 1. The Hall–Kier alpha value is -3.79. The molecule has 0 radical (unpaired) electrons.